The lowest BCUT2D eigenvalue weighted by molar-refractivity contribution is -0.144. The van der Waals surface area contributed by atoms with Crippen molar-refractivity contribution < 1.29 is 23.8 Å². The zero-order chi connectivity index (χ0) is 20.9. The number of ketones is 1. The standard InChI is InChI=1S/C23H22ClNO5/c1-14-10-20-15(11-16(14)24)17(26)12-23(30-20)6-8-25(9-7-23)22(27)21-13-28-18-4-2-3-5-19(18)29-21/h2-5,10-11,21H,6-9,12-13H2,1H3. The molecule has 7 heteroatoms. The van der Waals surface area contributed by atoms with Crippen molar-refractivity contribution in [1.82, 2.24) is 4.90 Å². The molecule has 0 bridgehead atoms. The average Bonchev–Trinajstić information content (AvgIpc) is 2.75. The van der Waals surface area contributed by atoms with Crippen LogP contribution in [0.5, 0.6) is 17.2 Å². The van der Waals surface area contributed by atoms with Gasteiger partial charge in [0.25, 0.3) is 5.91 Å². The molecule has 2 aromatic rings. The number of likely N-dealkylation sites (tertiary alicyclic amines) is 1. The number of carbonyl (C=O) groups excluding carboxylic acids is 2. The lowest BCUT2D eigenvalue weighted by atomic mass is 9.82. The second-order valence-corrected chi connectivity index (χ2v) is 8.58. The van der Waals surface area contributed by atoms with Crippen molar-refractivity contribution in [1.29, 1.82) is 0 Å². The molecule has 3 heterocycles. The van der Waals surface area contributed by atoms with Gasteiger partial charge in [-0.1, -0.05) is 23.7 Å². The number of aryl methyl sites for hydroxylation is 1. The summed E-state index contributed by atoms with van der Waals surface area (Å²) in [5.41, 5.74) is 0.848. The van der Waals surface area contributed by atoms with E-state index in [1.165, 1.54) is 0 Å². The second kappa shape index (κ2) is 7.20. The number of ether oxygens (including phenoxy) is 3. The summed E-state index contributed by atoms with van der Waals surface area (Å²) in [4.78, 5) is 27.5. The van der Waals surface area contributed by atoms with E-state index < -0.39 is 11.7 Å². The van der Waals surface area contributed by atoms with Crippen molar-refractivity contribution in [3.05, 3.63) is 52.5 Å². The zero-order valence-electron chi connectivity index (χ0n) is 16.7. The molecule has 0 aromatic heterocycles. The Hall–Kier alpha value is -2.73. The first-order valence-corrected chi connectivity index (χ1v) is 10.5. The summed E-state index contributed by atoms with van der Waals surface area (Å²) < 4.78 is 17.9. The van der Waals surface area contributed by atoms with E-state index in [4.69, 9.17) is 25.8 Å². The van der Waals surface area contributed by atoms with Gasteiger partial charge in [-0.25, -0.2) is 0 Å². The van der Waals surface area contributed by atoms with Crippen LogP contribution in [0.15, 0.2) is 36.4 Å². The molecule has 6 nitrogen and oxygen atoms in total. The van der Waals surface area contributed by atoms with Gasteiger partial charge in [0.05, 0.1) is 12.0 Å². The monoisotopic (exact) mass is 427 g/mol. The summed E-state index contributed by atoms with van der Waals surface area (Å²) in [6.07, 6.45) is 0.831. The molecule has 5 rings (SSSR count). The molecule has 2 aromatic carbocycles. The normalized spacial score (nSPS) is 21.7. The molecule has 1 atom stereocenters. The fourth-order valence-electron chi connectivity index (χ4n) is 4.37. The number of rotatable bonds is 1. The largest absolute Gasteiger partial charge is 0.486 e. The average molecular weight is 428 g/mol. The first-order valence-electron chi connectivity index (χ1n) is 10.1. The van der Waals surface area contributed by atoms with E-state index in [1.54, 1.807) is 17.0 Å². The van der Waals surface area contributed by atoms with Crippen LogP contribution in [0, 0.1) is 6.92 Å². The van der Waals surface area contributed by atoms with E-state index in [9.17, 15) is 9.59 Å². The number of piperidine rings is 1. The number of para-hydroxylation sites is 2. The quantitative estimate of drug-likeness (QED) is 0.692. The highest BCUT2D eigenvalue weighted by molar-refractivity contribution is 6.31. The number of fused-ring (bicyclic) bond motifs is 2. The van der Waals surface area contributed by atoms with Crippen molar-refractivity contribution in [3.63, 3.8) is 0 Å². The van der Waals surface area contributed by atoms with Crippen LogP contribution >= 0.6 is 11.6 Å². The van der Waals surface area contributed by atoms with Crippen LogP contribution in [0.25, 0.3) is 0 Å². The third-order valence-corrected chi connectivity index (χ3v) is 6.55. The Morgan fingerprint density at radius 1 is 1.13 bits per heavy atom. The number of hydrogen-bond acceptors (Lipinski definition) is 5. The van der Waals surface area contributed by atoms with Gasteiger partial charge in [0.2, 0.25) is 6.10 Å². The van der Waals surface area contributed by atoms with Crippen LogP contribution in [-0.4, -0.2) is 48.0 Å². The third kappa shape index (κ3) is 3.29. The topological polar surface area (TPSA) is 65.1 Å². The number of benzene rings is 2. The summed E-state index contributed by atoms with van der Waals surface area (Å²) in [6, 6.07) is 10.9. The molecule has 1 spiro atoms. The van der Waals surface area contributed by atoms with Gasteiger partial charge in [-0.3, -0.25) is 9.59 Å². The van der Waals surface area contributed by atoms with E-state index in [2.05, 4.69) is 0 Å². The first-order chi connectivity index (χ1) is 14.4. The Kier molecular flexibility index (Phi) is 4.62. The molecule has 1 saturated heterocycles. The first kappa shape index (κ1) is 19.2. The van der Waals surface area contributed by atoms with Gasteiger partial charge in [-0.2, -0.15) is 0 Å². The maximum atomic E-state index is 13.0. The van der Waals surface area contributed by atoms with E-state index in [0.717, 1.165) is 5.56 Å². The number of carbonyl (C=O) groups is 2. The Balaban J connectivity index is 1.27. The van der Waals surface area contributed by atoms with Crippen LogP contribution in [-0.2, 0) is 4.79 Å². The Labute approximate surface area is 179 Å². The highest BCUT2D eigenvalue weighted by atomic mass is 35.5. The van der Waals surface area contributed by atoms with Gasteiger partial charge in [-0.05, 0) is 36.8 Å². The molecule has 0 aliphatic carbocycles. The lowest BCUT2D eigenvalue weighted by Gasteiger charge is -2.44. The van der Waals surface area contributed by atoms with Crippen molar-refractivity contribution in [2.24, 2.45) is 0 Å². The molecule has 1 fully saturated rings. The molecule has 0 N–H and O–H groups in total. The lowest BCUT2D eigenvalue weighted by Crippen LogP contribution is -2.55. The molecule has 30 heavy (non-hydrogen) atoms. The number of halogens is 1. The van der Waals surface area contributed by atoms with Gasteiger partial charge in [-0.15, -0.1) is 0 Å². The number of nitrogens with zero attached hydrogens (tertiary/aromatic N) is 1. The molecule has 3 aliphatic rings. The second-order valence-electron chi connectivity index (χ2n) is 8.17. The molecule has 0 radical (unpaired) electrons. The van der Waals surface area contributed by atoms with E-state index in [-0.39, 0.29) is 18.3 Å². The Bertz CT molecular complexity index is 1030. The molecule has 1 unspecified atom stereocenters. The number of Topliss-reactive ketones (excluding diaryl/α,β-unsaturated/α-hetero) is 1. The van der Waals surface area contributed by atoms with E-state index in [1.807, 2.05) is 31.2 Å². The van der Waals surface area contributed by atoms with Gasteiger partial charge >= 0.3 is 0 Å². The minimum absolute atomic E-state index is 0.0403. The number of amides is 1. The Morgan fingerprint density at radius 2 is 1.87 bits per heavy atom. The summed E-state index contributed by atoms with van der Waals surface area (Å²) >= 11 is 6.17. The minimum atomic E-state index is -0.659. The highest BCUT2D eigenvalue weighted by Gasteiger charge is 2.45. The molecule has 1 amide bonds. The maximum absolute atomic E-state index is 13.0. The van der Waals surface area contributed by atoms with Crippen LogP contribution < -0.4 is 14.2 Å². The van der Waals surface area contributed by atoms with Crippen LogP contribution in [0.3, 0.4) is 0 Å². The molecule has 0 saturated carbocycles. The van der Waals surface area contributed by atoms with E-state index in [0.29, 0.717) is 60.2 Å². The van der Waals surface area contributed by atoms with Crippen molar-refractivity contribution in [2.75, 3.05) is 19.7 Å². The molecular weight excluding hydrogens is 406 g/mol. The van der Waals surface area contributed by atoms with Crippen molar-refractivity contribution >= 4 is 23.3 Å². The predicted molar refractivity (Wildman–Crippen MR) is 111 cm³/mol. The summed E-state index contributed by atoms with van der Waals surface area (Å²) in [7, 11) is 0. The van der Waals surface area contributed by atoms with Crippen LogP contribution in [0.2, 0.25) is 5.02 Å². The van der Waals surface area contributed by atoms with E-state index >= 15 is 0 Å². The minimum Gasteiger partial charge on any atom is -0.486 e. The third-order valence-electron chi connectivity index (χ3n) is 6.14. The van der Waals surface area contributed by atoms with Gasteiger partial charge in [0.15, 0.2) is 17.3 Å². The fourth-order valence-corrected chi connectivity index (χ4v) is 4.54. The summed E-state index contributed by atoms with van der Waals surface area (Å²) in [6.45, 7) is 3.11. The predicted octanol–water partition coefficient (Wildman–Crippen LogP) is 3.81. The summed E-state index contributed by atoms with van der Waals surface area (Å²) in [5.74, 6) is 1.78. The van der Waals surface area contributed by atoms with Gasteiger partial charge < -0.3 is 19.1 Å². The smallest absolute Gasteiger partial charge is 0.267 e. The van der Waals surface area contributed by atoms with Crippen LogP contribution in [0.4, 0.5) is 0 Å². The Morgan fingerprint density at radius 3 is 2.63 bits per heavy atom. The molecular formula is C23H22ClNO5. The van der Waals surface area contributed by atoms with Gasteiger partial charge in [0.1, 0.15) is 18.0 Å². The van der Waals surface area contributed by atoms with Crippen molar-refractivity contribution in [2.45, 2.75) is 37.9 Å². The molecule has 3 aliphatic heterocycles. The van der Waals surface area contributed by atoms with Crippen molar-refractivity contribution in [3.8, 4) is 17.2 Å². The van der Waals surface area contributed by atoms with Gasteiger partial charge in [0, 0.05) is 31.0 Å². The molecule has 156 valence electrons. The highest BCUT2D eigenvalue weighted by Crippen LogP contribution is 2.41. The zero-order valence-corrected chi connectivity index (χ0v) is 17.4. The maximum Gasteiger partial charge on any atom is 0.267 e. The number of hydrogen-bond donors (Lipinski definition) is 0. The van der Waals surface area contributed by atoms with Crippen LogP contribution in [0.1, 0.15) is 35.2 Å². The summed E-state index contributed by atoms with van der Waals surface area (Å²) in [5, 5.41) is 0.568. The fraction of sp³-hybridized carbons (Fsp3) is 0.391. The SMILES string of the molecule is Cc1cc2c(cc1Cl)C(=O)CC1(CCN(C(=O)C3COc4ccccc4O3)CC1)O2.